The van der Waals surface area contributed by atoms with Crippen LogP contribution >= 0.6 is 0 Å². The summed E-state index contributed by atoms with van der Waals surface area (Å²) in [4.78, 5) is 25.8. The fourth-order valence-corrected chi connectivity index (χ4v) is 4.05. The van der Waals surface area contributed by atoms with Crippen molar-refractivity contribution in [2.75, 3.05) is 25.1 Å². The molecular weight excluding hydrogens is 354 g/mol. The van der Waals surface area contributed by atoms with E-state index in [-0.39, 0.29) is 16.7 Å². The fraction of sp³-hybridized carbons (Fsp3) is 0.500. The molecule has 0 radical (unpaired) electrons. The van der Waals surface area contributed by atoms with E-state index in [1.54, 1.807) is 4.57 Å². The Morgan fingerprint density at radius 2 is 1.89 bits per heavy atom. The first-order chi connectivity index (χ1) is 12.9. The molecule has 0 bridgehead atoms. The standard InChI is InChI=1S/C20H22F2N2O3/c1-10-6-23(7-11(10)2)18-15(22)4-13-17(20(18)27-3)24(16-5-14(16)21)8-12(9-25)19(13)26/h4,8-11,14,16H,5-7H2,1-3H3/t10-,11+,14-,16+/m0/s1. The number of nitrogens with zero attached hydrogens (tertiary/aromatic N) is 2. The number of halogens is 2. The minimum atomic E-state index is -1.06. The number of pyridine rings is 1. The number of ether oxygens (including phenoxy) is 1. The zero-order chi connectivity index (χ0) is 19.5. The lowest BCUT2D eigenvalue weighted by Crippen LogP contribution is -2.23. The SMILES string of the molecule is COc1c(N2C[C@@H](C)[C@@H](C)C2)c(F)cc2c(=O)c(C=O)cn([C@@H]3C[C@@H]3F)c12. The lowest BCUT2D eigenvalue weighted by atomic mass is 10.0. The number of hydrogen-bond acceptors (Lipinski definition) is 4. The Labute approximate surface area is 155 Å². The monoisotopic (exact) mass is 376 g/mol. The van der Waals surface area contributed by atoms with Crippen LogP contribution in [0.1, 0.15) is 36.7 Å². The molecule has 2 aliphatic rings. The molecule has 1 saturated heterocycles. The van der Waals surface area contributed by atoms with Crippen LogP contribution in [0.5, 0.6) is 5.75 Å². The Hall–Kier alpha value is -2.44. The summed E-state index contributed by atoms with van der Waals surface area (Å²) in [7, 11) is 1.42. The molecule has 2 aromatic rings. The maximum absolute atomic E-state index is 15.1. The molecule has 2 fully saturated rings. The number of carbonyl (C=O) groups is 1. The first kappa shape index (κ1) is 17.9. The largest absolute Gasteiger partial charge is 0.492 e. The summed E-state index contributed by atoms with van der Waals surface area (Å²) < 4.78 is 36.0. The third-order valence-electron chi connectivity index (χ3n) is 5.90. The average molecular weight is 376 g/mol. The van der Waals surface area contributed by atoms with Crippen molar-refractivity contribution in [1.29, 1.82) is 0 Å². The van der Waals surface area contributed by atoms with Gasteiger partial charge in [-0.1, -0.05) is 13.8 Å². The highest BCUT2D eigenvalue weighted by atomic mass is 19.1. The molecule has 2 heterocycles. The summed E-state index contributed by atoms with van der Waals surface area (Å²) in [6, 6.07) is 0.679. The van der Waals surface area contributed by atoms with Crippen LogP contribution in [-0.4, -0.2) is 37.2 Å². The van der Waals surface area contributed by atoms with Crippen molar-refractivity contribution in [2.45, 2.75) is 32.5 Å². The number of carbonyl (C=O) groups excluding carboxylic acids is 1. The van der Waals surface area contributed by atoms with Crippen LogP contribution in [0.2, 0.25) is 0 Å². The summed E-state index contributed by atoms with van der Waals surface area (Å²) in [5.74, 6) is 0.436. The summed E-state index contributed by atoms with van der Waals surface area (Å²) in [5, 5.41) is 0.0390. The molecule has 1 saturated carbocycles. The van der Waals surface area contributed by atoms with Gasteiger partial charge in [-0.25, -0.2) is 8.78 Å². The van der Waals surface area contributed by atoms with Gasteiger partial charge >= 0.3 is 0 Å². The maximum atomic E-state index is 15.1. The van der Waals surface area contributed by atoms with Gasteiger partial charge in [0.1, 0.15) is 11.9 Å². The zero-order valence-corrected chi connectivity index (χ0v) is 15.5. The van der Waals surface area contributed by atoms with E-state index in [1.165, 1.54) is 13.3 Å². The van der Waals surface area contributed by atoms with E-state index in [0.717, 1.165) is 6.07 Å². The number of rotatable bonds is 4. The van der Waals surface area contributed by atoms with Crippen LogP contribution in [0, 0.1) is 17.7 Å². The van der Waals surface area contributed by atoms with Gasteiger partial charge in [0.2, 0.25) is 0 Å². The molecule has 0 unspecified atom stereocenters. The second-order valence-electron chi connectivity index (χ2n) is 7.75. The van der Waals surface area contributed by atoms with E-state index in [0.29, 0.717) is 48.8 Å². The van der Waals surface area contributed by atoms with Gasteiger partial charge < -0.3 is 14.2 Å². The first-order valence-electron chi connectivity index (χ1n) is 9.16. The second kappa shape index (κ2) is 6.32. The van der Waals surface area contributed by atoms with Gasteiger partial charge in [-0.3, -0.25) is 9.59 Å². The van der Waals surface area contributed by atoms with Crippen molar-refractivity contribution >= 4 is 22.9 Å². The minimum absolute atomic E-state index is 0.0390. The van der Waals surface area contributed by atoms with Crippen molar-refractivity contribution in [2.24, 2.45) is 11.8 Å². The topological polar surface area (TPSA) is 51.5 Å². The first-order valence-corrected chi connectivity index (χ1v) is 9.16. The number of benzene rings is 1. The van der Waals surface area contributed by atoms with Crippen molar-refractivity contribution in [3.05, 3.63) is 33.9 Å². The third-order valence-corrected chi connectivity index (χ3v) is 5.90. The van der Waals surface area contributed by atoms with E-state index in [9.17, 15) is 14.0 Å². The average Bonchev–Trinajstić information content (AvgIpc) is 3.27. The van der Waals surface area contributed by atoms with E-state index < -0.39 is 23.5 Å². The molecule has 144 valence electrons. The van der Waals surface area contributed by atoms with Crippen LogP contribution < -0.4 is 15.1 Å². The molecule has 5 nitrogen and oxygen atoms in total. The molecule has 0 spiro atoms. The van der Waals surface area contributed by atoms with Gasteiger partial charge in [0.05, 0.1) is 29.6 Å². The van der Waals surface area contributed by atoms with Crippen molar-refractivity contribution in [3.63, 3.8) is 0 Å². The number of anilines is 1. The van der Waals surface area contributed by atoms with E-state index in [1.807, 2.05) is 4.90 Å². The third kappa shape index (κ3) is 2.71. The van der Waals surface area contributed by atoms with E-state index in [2.05, 4.69) is 13.8 Å². The second-order valence-corrected chi connectivity index (χ2v) is 7.75. The van der Waals surface area contributed by atoms with Crippen LogP contribution in [0.4, 0.5) is 14.5 Å². The molecule has 1 aromatic carbocycles. The fourth-order valence-electron chi connectivity index (χ4n) is 4.05. The lowest BCUT2D eigenvalue weighted by molar-refractivity contribution is 0.112. The number of hydrogen-bond donors (Lipinski definition) is 0. The summed E-state index contributed by atoms with van der Waals surface area (Å²) in [5.41, 5.74) is -0.0375. The Bertz CT molecular complexity index is 978. The quantitative estimate of drug-likeness (QED) is 0.768. The van der Waals surface area contributed by atoms with E-state index >= 15 is 4.39 Å². The zero-order valence-electron chi connectivity index (χ0n) is 15.5. The molecule has 0 N–H and O–H groups in total. The predicted octanol–water partition coefficient (Wildman–Crippen LogP) is 3.34. The highest BCUT2D eigenvalue weighted by Crippen LogP contribution is 2.46. The smallest absolute Gasteiger partial charge is 0.200 e. The molecule has 4 rings (SSSR count). The molecule has 1 aliphatic carbocycles. The van der Waals surface area contributed by atoms with Crippen molar-refractivity contribution < 1.29 is 18.3 Å². The predicted molar refractivity (Wildman–Crippen MR) is 99.2 cm³/mol. The Kier molecular flexibility index (Phi) is 4.20. The van der Waals surface area contributed by atoms with Gasteiger partial charge in [0.25, 0.3) is 0 Å². The Morgan fingerprint density at radius 3 is 2.41 bits per heavy atom. The minimum Gasteiger partial charge on any atom is -0.492 e. The molecule has 1 aromatic heterocycles. The van der Waals surface area contributed by atoms with Crippen molar-refractivity contribution in [3.8, 4) is 5.75 Å². The highest BCUT2D eigenvalue weighted by Gasteiger charge is 2.41. The number of aromatic nitrogens is 1. The van der Waals surface area contributed by atoms with Crippen LogP contribution in [0.25, 0.3) is 10.9 Å². The molecule has 0 amide bonds. The van der Waals surface area contributed by atoms with Gasteiger partial charge in [-0.15, -0.1) is 0 Å². The van der Waals surface area contributed by atoms with Gasteiger partial charge in [-0.05, 0) is 17.9 Å². The van der Waals surface area contributed by atoms with Gasteiger partial charge in [0.15, 0.2) is 23.3 Å². The van der Waals surface area contributed by atoms with Crippen LogP contribution in [0.15, 0.2) is 17.1 Å². The molecule has 4 atom stereocenters. The lowest BCUT2D eigenvalue weighted by Gasteiger charge is -2.24. The summed E-state index contributed by atoms with van der Waals surface area (Å²) >= 11 is 0. The van der Waals surface area contributed by atoms with Crippen LogP contribution in [0.3, 0.4) is 0 Å². The van der Waals surface area contributed by atoms with Gasteiger partial charge in [0, 0.05) is 25.7 Å². The molecule has 27 heavy (non-hydrogen) atoms. The molecule has 7 heteroatoms. The van der Waals surface area contributed by atoms with E-state index in [4.69, 9.17) is 4.74 Å². The number of aldehydes is 1. The van der Waals surface area contributed by atoms with Crippen molar-refractivity contribution in [1.82, 2.24) is 4.57 Å². The Morgan fingerprint density at radius 1 is 1.26 bits per heavy atom. The normalized spacial score (nSPS) is 27.2. The number of fused-ring (bicyclic) bond motifs is 1. The number of alkyl halides is 1. The maximum Gasteiger partial charge on any atom is 0.200 e. The highest BCUT2D eigenvalue weighted by molar-refractivity contribution is 5.94. The summed E-state index contributed by atoms with van der Waals surface area (Å²) in [6.45, 7) is 5.57. The Balaban J connectivity index is 2.03. The van der Waals surface area contributed by atoms with Crippen LogP contribution in [-0.2, 0) is 0 Å². The molecule has 1 aliphatic heterocycles. The van der Waals surface area contributed by atoms with Gasteiger partial charge in [-0.2, -0.15) is 0 Å². The molecular formula is C20H22F2N2O3. The number of methoxy groups -OCH3 is 1. The summed E-state index contributed by atoms with van der Waals surface area (Å²) in [6.07, 6.45) is 1.03.